The van der Waals surface area contributed by atoms with Crippen molar-refractivity contribution in [3.63, 3.8) is 0 Å². The molecule has 0 bridgehead atoms. The summed E-state index contributed by atoms with van der Waals surface area (Å²) < 4.78 is 14.6. The third-order valence-electron chi connectivity index (χ3n) is 6.73. The molecule has 0 unspecified atom stereocenters. The molecule has 0 aliphatic carbocycles. The van der Waals surface area contributed by atoms with Crippen LogP contribution in [-0.2, 0) is 34.0 Å². The summed E-state index contributed by atoms with van der Waals surface area (Å²) in [7, 11) is 0. The van der Waals surface area contributed by atoms with Crippen LogP contribution in [0.15, 0.2) is 79.1 Å². The van der Waals surface area contributed by atoms with E-state index in [9.17, 15) is 9.90 Å². The average Bonchev–Trinajstić information content (AvgIpc) is 3.28. The molecule has 1 amide bonds. The number of ether oxygens (including phenoxy) is 2. The van der Waals surface area contributed by atoms with E-state index in [0.29, 0.717) is 24.7 Å². The van der Waals surface area contributed by atoms with Gasteiger partial charge in [-0.25, -0.2) is 4.98 Å². The molecule has 1 saturated heterocycles. The molecule has 3 atom stereocenters. The minimum absolute atomic E-state index is 0.0114. The Morgan fingerprint density at radius 3 is 2.41 bits per heavy atom. The highest BCUT2D eigenvalue weighted by atomic mass is 35.5. The highest BCUT2D eigenvalue weighted by Crippen LogP contribution is 2.39. The summed E-state index contributed by atoms with van der Waals surface area (Å²) in [5, 5.41) is 12.9. The molecule has 5 rings (SSSR count). The van der Waals surface area contributed by atoms with Crippen LogP contribution in [0.25, 0.3) is 11.1 Å². The lowest BCUT2D eigenvalue weighted by atomic mass is 9.99. The summed E-state index contributed by atoms with van der Waals surface area (Å²) in [4.78, 5) is 15.4. The first kappa shape index (κ1) is 27.4. The van der Waals surface area contributed by atoms with Crippen molar-refractivity contribution < 1.29 is 19.4 Å². The highest BCUT2D eigenvalue weighted by Gasteiger charge is 2.33. The lowest BCUT2D eigenvalue weighted by Gasteiger charge is -2.36. The Hall–Kier alpha value is -3.20. The van der Waals surface area contributed by atoms with Crippen molar-refractivity contribution in [2.45, 2.75) is 51.5 Å². The van der Waals surface area contributed by atoms with Crippen molar-refractivity contribution in [2.24, 2.45) is 0 Å². The van der Waals surface area contributed by atoms with Crippen LogP contribution in [0.4, 0.5) is 0 Å². The fraction of sp³-hybridized carbons (Fsp3) is 0.267. The molecule has 39 heavy (non-hydrogen) atoms. The second-order valence-corrected chi connectivity index (χ2v) is 10.3. The number of benzene rings is 3. The molecule has 2 N–H and O–H groups in total. The van der Waals surface area contributed by atoms with Gasteiger partial charge in [-0.05, 0) is 33.9 Å². The van der Waals surface area contributed by atoms with Gasteiger partial charge in [0.05, 0.1) is 31.7 Å². The maximum absolute atomic E-state index is 11.3. The van der Waals surface area contributed by atoms with Gasteiger partial charge in [0, 0.05) is 25.5 Å². The zero-order valence-electron chi connectivity index (χ0n) is 21.4. The number of hydrogen-bond donors (Lipinski definition) is 2. The van der Waals surface area contributed by atoms with E-state index in [-0.39, 0.29) is 29.9 Å². The number of aromatic nitrogens is 2. The molecule has 0 radical (unpaired) electrons. The molecule has 0 spiro atoms. The molecular formula is C30H29Cl2N3O4. The van der Waals surface area contributed by atoms with Gasteiger partial charge in [-0.3, -0.25) is 4.79 Å². The quantitative estimate of drug-likeness (QED) is 0.264. The lowest BCUT2D eigenvalue weighted by Crippen LogP contribution is -2.32. The molecule has 202 valence electrons. The number of amides is 1. The van der Waals surface area contributed by atoms with Crippen LogP contribution in [0, 0.1) is 0 Å². The van der Waals surface area contributed by atoms with E-state index in [0.717, 1.165) is 33.4 Å². The maximum atomic E-state index is 11.3. The predicted octanol–water partition coefficient (Wildman–Crippen LogP) is 6.23. The average molecular weight is 566 g/mol. The van der Waals surface area contributed by atoms with Crippen molar-refractivity contribution in [3.8, 4) is 11.1 Å². The first-order chi connectivity index (χ1) is 18.9. The van der Waals surface area contributed by atoms with Crippen LogP contribution >= 0.6 is 23.2 Å². The molecule has 0 saturated carbocycles. The largest absolute Gasteiger partial charge is 0.392 e. The Bertz CT molecular complexity index is 1420. The number of carbonyl (C=O) groups is 1. The van der Waals surface area contributed by atoms with E-state index in [1.807, 2.05) is 66.7 Å². The summed E-state index contributed by atoms with van der Waals surface area (Å²) in [5.41, 5.74) is 5.88. The van der Waals surface area contributed by atoms with Crippen molar-refractivity contribution in [1.29, 1.82) is 0 Å². The minimum Gasteiger partial charge on any atom is -0.392 e. The van der Waals surface area contributed by atoms with E-state index in [4.69, 9.17) is 32.7 Å². The second-order valence-electron chi connectivity index (χ2n) is 9.56. The standard InChI is InChI=1S/C30H29Cl2N3O4/c1-19(37)33-15-21-3-2-4-25(13-21)22-9-11-24(12-10-22)30-38-26(16-35-18-34-28(31)29(35)32)14-27(39-30)23-7-5-20(17-36)6-8-23/h2-13,18,26-27,30,36H,14-17H2,1H3,(H,33,37)/t26-,27+,30+/m0/s1. The molecule has 1 fully saturated rings. The zero-order valence-corrected chi connectivity index (χ0v) is 22.9. The molecule has 4 aromatic rings. The van der Waals surface area contributed by atoms with Gasteiger partial charge < -0.3 is 24.5 Å². The summed E-state index contributed by atoms with van der Waals surface area (Å²) in [6, 6.07) is 24.0. The Morgan fingerprint density at radius 2 is 1.74 bits per heavy atom. The van der Waals surface area contributed by atoms with Crippen LogP contribution in [0.1, 0.15) is 48.0 Å². The van der Waals surface area contributed by atoms with Gasteiger partial charge in [0.25, 0.3) is 0 Å². The summed E-state index contributed by atoms with van der Waals surface area (Å²) in [6.45, 7) is 2.46. The van der Waals surface area contributed by atoms with Gasteiger partial charge in [-0.15, -0.1) is 0 Å². The highest BCUT2D eigenvalue weighted by molar-refractivity contribution is 6.40. The molecule has 7 nitrogen and oxygen atoms in total. The first-order valence-corrected chi connectivity index (χ1v) is 13.5. The summed E-state index contributed by atoms with van der Waals surface area (Å²) in [6.07, 6.45) is 1.20. The number of nitrogens with one attached hydrogen (secondary N) is 1. The van der Waals surface area contributed by atoms with Gasteiger partial charge in [0.15, 0.2) is 11.4 Å². The summed E-state index contributed by atoms with van der Waals surface area (Å²) >= 11 is 12.4. The summed E-state index contributed by atoms with van der Waals surface area (Å²) in [5.74, 6) is -0.0587. The van der Waals surface area contributed by atoms with E-state index in [2.05, 4.69) is 16.4 Å². The number of aliphatic hydroxyl groups is 1. The van der Waals surface area contributed by atoms with Gasteiger partial charge in [-0.1, -0.05) is 89.9 Å². The number of imidazole rings is 1. The third kappa shape index (κ3) is 6.69. The first-order valence-electron chi connectivity index (χ1n) is 12.7. The predicted molar refractivity (Wildman–Crippen MR) is 150 cm³/mol. The zero-order chi connectivity index (χ0) is 27.4. The second kappa shape index (κ2) is 12.3. The number of rotatable bonds is 8. The minimum atomic E-state index is -0.593. The Balaban J connectivity index is 1.37. The van der Waals surface area contributed by atoms with E-state index in [1.54, 1.807) is 10.9 Å². The third-order valence-corrected chi connectivity index (χ3v) is 7.50. The fourth-order valence-electron chi connectivity index (χ4n) is 4.64. The topological polar surface area (TPSA) is 85.6 Å². The van der Waals surface area contributed by atoms with Crippen LogP contribution in [0.3, 0.4) is 0 Å². The smallest absolute Gasteiger partial charge is 0.217 e. The van der Waals surface area contributed by atoms with Crippen LogP contribution in [0.2, 0.25) is 10.3 Å². The van der Waals surface area contributed by atoms with Crippen molar-refractivity contribution in [3.05, 3.63) is 112 Å². The molecule has 1 aromatic heterocycles. The van der Waals surface area contributed by atoms with Gasteiger partial charge >= 0.3 is 0 Å². The molecule has 2 heterocycles. The van der Waals surface area contributed by atoms with E-state index >= 15 is 0 Å². The van der Waals surface area contributed by atoms with Gasteiger partial charge in [0.1, 0.15) is 5.15 Å². The van der Waals surface area contributed by atoms with Gasteiger partial charge in [-0.2, -0.15) is 0 Å². The molecule has 1 aliphatic rings. The number of hydrogen-bond acceptors (Lipinski definition) is 5. The van der Waals surface area contributed by atoms with Crippen LogP contribution < -0.4 is 5.32 Å². The number of aliphatic hydroxyl groups excluding tert-OH is 1. The van der Waals surface area contributed by atoms with Crippen molar-refractivity contribution in [1.82, 2.24) is 14.9 Å². The Kier molecular flexibility index (Phi) is 8.65. The molecular weight excluding hydrogens is 537 g/mol. The monoisotopic (exact) mass is 565 g/mol. The normalized spacial score (nSPS) is 19.1. The van der Waals surface area contributed by atoms with Crippen molar-refractivity contribution >= 4 is 29.1 Å². The SMILES string of the molecule is CC(=O)NCc1cccc(-c2ccc([C@@H]3O[C@H](Cn4cnc(Cl)c4Cl)C[C@H](c4ccc(CO)cc4)O3)cc2)c1. The van der Waals surface area contributed by atoms with Crippen LogP contribution in [-0.4, -0.2) is 26.7 Å². The van der Waals surface area contributed by atoms with Crippen LogP contribution in [0.5, 0.6) is 0 Å². The molecule has 3 aromatic carbocycles. The fourth-order valence-corrected chi connectivity index (χ4v) is 4.96. The number of carbonyl (C=O) groups excluding carboxylic acids is 1. The maximum Gasteiger partial charge on any atom is 0.217 e. The Labute approximate surface area is 237 Å². The molecule has 1 aliphatic heterocycles. The number of halogens is 2. The van der Waals surface area contributed by atoms with E-state index < -0.39 is 6.29 Å². The van der Waals surface area contributed by atoms with Gasteiger partial charge in [0.2, 0.25) is 5.91 Å². The Morgan fingerprint density at radius 1 is 1.00 bits per heavy atom. The van der Waals surface area contributed by atoms with Crippen molar-refractivity contribution in [2.75, 3.05) is 0 Å². The lowest BCUT2D eigenvalue weighted by molar-refractivity contribution is -0.252. The molecule has 9 heteroatoms. The van der Waals surface area contributed by atoms with E-state index in [1.165, 1.54) is 6.92 Å². The number of nitrogens with zero attached hydrogens (tertiary/aromatic N) is 2.